The Labute approximate surface area is 105 Å². The molecule has 4 heteroatoms. The van der Waals surface area contributed by atoms with Gasteiger partial charge in [0.2, 0.25) is 0 Å². The maximum absolute atomic E-state index is 6.00. The zero-order valence-corrected chi connectivity index (χ0v) is 11.5. The number of aromatic nitrogens is 1. The summed E-state index contributed by atoms with van der Waals surface area (Å²) in [5.41, 5.74) is 7.33. The third-order valence-electron chi connectivity index (χ3n) is 3.74. The lowest BCUT2D eigenvalue weighted by atomic mass is 9.63. The van der Waals surface area contributed by atoms with Crippen molar-refractivity contribution in [1.82, 2.24) is 4.98 Å². The van der Waals surface area contributed by atoms with E-state index >= 15 is 0 Å². The molecule has 3 nitrogen and oxygen atoms in total. The van der Waals surface area contributed by atoms with E-state index in [1.54, 1.807) is 0 Å². The van der Waals surface area contributed by atoms with Gasteiger partial charge in [0.05, 0.1) is 4.47 Å². The number of hydrogen-bond acceptors (Lipinski definition) is 3. The average Bonchev–Trinajstić information content (AvgIpc) is 2.24. The van der Waals surface area contributed by atoms with Gasteiger partial charge in [-0.1, -0.05) is 13.8 Å². The van der Waals surface area contributed by atoms with Crippen molar-refractivity contribution >= 4 is 21.7 Å². The first-order valence-corrected chi connectivity index (χ1v) is 6.35. The van der Waals surface area contributed by atoms with Crippen LogP contribution in [0.4, 0.5) is 5.82 Å². The Balaban J connectivity index is 2.14. The predicted molar refractivity (Wildman–Crippen MR) is 70.5 cm³/mol. The topological polar surface area (TPSA) is 50.9 Å². The zero-order chi connectivity index (χ0) is 11.9. The molecule has 0 bridgehead atoms. The van der Waals surface area contributed by atoms with Gasteiger partial charge in [-0.15, -0.1) is 0 Å². The van der Waals surface area contributed by atoms with Gasteiger partial charge < -0.3 is 11.1 Å². The van der Waals surface area contributed by atoms with Crippen LogP contribution in [0.1, 0.15) is 25.8 Å². The van der Waals surface area contributed by atoms with Crippen molar-refractivity contribution in [3.63, 3.8) is 0 Å². The normalized spacial score (nSPS) is 27.3. The fourth-order valence-corrected chi connectivity index (χ4v) is 2.36. The smallest absolute Gasteiger partial charge is 0.140 e. The third-order valence-corrected chi connectivity index (χ3v) is 4.74. The van der Waals surface area contributed by atoms with Crippen LogP contribution in [0.2, 0.25) is 0 Å². The van der Waals surface area contributed by atoms with Crippen LogP contribution in [-0.2, 0) is 0 Å². The van der Waals surface area contributed by atoms with Crippen molar-refractivity contribution in [2.75, 3.05) is 5.32 Å². The maximum Gasteiger partial charge on any atom is 0.140 e. The van der Waals surface area contributed by atoms with Crippen molar-refractivity contribution in [2.24, 2.45) is 11.1 Å². The Kier molecular flexibility index (Phi) is 2.97. The van der Waals surface area contributed by atoms with Gasteiger partial charge >= 0.3 is 0 Å². The van der Waals surface area contributed by atoms with Crippen LogP contribution in [-0.4, -0.2) is 17.1 Å². The number of nitrogens with zero attached hydrogens (tertiary/aromatic N) is 1. The van der Waals surface area contributed by atoms with E-state index in [-0.39, 0.29) is 11.5 Å². The largest absolute Gasteiger partial charge is 0.366 e. The summed E-state index contributed by atoms with van der Waals surface area (Å²) >= 11 is 3.56. The number of aryl methyl sites for hydroxylation is 1. The highest BCUT2D eigenvalue weighted by Crippen LogP contribution is 2.41. The molecule has 3 N–H and O–H groups in total. The average molecular weight is 284 g/mol. The van der Waals surface area contributed by atoms with Gasteiger partial charge in [-0.2, -0.15) is 0 Å². The van der Waals surface area contributed by atoms with Crippen LogP contribution >= 0.6 is 15.9 Å². The van der Waals surface area contributed by atoms with Gasteiger partial charge in [-0.25, -0.2) is 4.98 Å². The van der Waals surface area contributed by atoms with E-state index in [2.05, 4.69) is 47.0 Å². The SMILES string of the molecule is Cc1ccnc(NC2CC(N)C2(C)C)c1Br. The summed E-state index contributed by atoms with van der Waals surface area (Å²) in [5.74, 6) is 0.921. The highest BCUT2D eigenvalue weighted by molar-refractivity contribution is 9.10. The van der Waals surface area contributed by atoms with Gasteiger partial charge in [0, 0.05) is 23.7 Å². The Bertz CT molecular complexity index is 403. The predicted octanol–water partition coefficient (Wildman–Crippen LogP) is 2.69. The van der Waals surface area contributed by atoms with Gasteiger partial charge in [0.1, 0.15) is 5.82 Å². The minimum absolute atomic E-state index is 0.144. The first kappa shape index (κ1) is 11.9. The second kappa shape index (κ2) is 4.00. The number of pyridine rings is 1. The molecule has 2 atom stereocenters. The van der Waals surface area contributed by atoms with E-state index in [1.165, 1.54) is 5.56 Å². The standard InChI is InChI=1S/C12H18BrN3/c1-7-4-5-15-11(10(7)13)16-9-6-8(14)12(9,2)3/h4-5,8-9H,6,14H2,1-3H3,(H,15,16). The van der Waals surface area contributed by atoms with E-state index in [9.17, 15) is 0 Å². The van der Waals surface area contributed by atoms with Crippen LogP contribution in [0.5, 0.6) is 0 Å². The van der Waals surface area contributed by atoms with Gasteiger partial charge in [-0.3, -0.25) is 0 Å². The van der Waals surface area contributed by atoms with Crippen molar-refractivity contribution in [2.45, 2.75) is 39.3 Å². The molecular weight excluding hydrogens is 266 g/mol. The van der Waals surface area contributed by atoms with E-state index in [1.807, 2.05) is 12.3 Å². The summed E-state index contributed by atoms with van der Waals surface area (Å²) < 4.78 is 1.05. The molecule has 1 heterocycles. The molecule has 2 rings (SSSR count). The highest BCUT2D eigenvalue weighted by Gasteiger charge is 2.46. The van der Waals surface area contributed by atoms with Gasteiger partial charge in [0.25, 0.3) is 0 Å². The van der Waals surface area contributed by atoms with Crippen molar-refractivity contribution < 1.29 is 0 Å². The van der Waals surface area contributed by atoms with E-state index in [0.29, 0.717) is 6.04 Å². The molecule has 1 fully saturated rings. The maximum atomic E-state index is 6.00. The molecular formula is C12H18BrN3. The lowest BCUT2D eigenvalue weighted by Crippen LogP contribution is -2.61. The number of nitrogens with one attached hydrogen (secondary N) is 1. The third kappa shape index (κ3) is 1.84. The zero-order valence-electron chi connectivity index (χ0n) is 9.92. The first-order chi connectivity index (χ1) is 7.43. The number of anilines is 1. The van der Waals surface area contributed by atoms with E-state index < -0.39 is 0 Å². The fraction of sp³-hybridized carbons (Fsp3) is 0.583. The minimum Gasteiger partial charge on any atom is -0.366 e. The van der Waals surface area contributed by atoms with Crippen LogP contribution in [0.25, 0.3) is 0 Å². The van der Waals surface area contributed by atoms with Crippen molar-refractivity contribution in [3.8, 4) is 0 Å². The Morgan fingerprint density at radius 3 is 2.81 bits per heavy atom. The molecule has 1 aliphatic rings. The molecule has 1 aromatic heterocycles. The second-order valence-electron chi connectivity index (χ2n) is 5.15. The summed E-state index contributed by atoms with van der Waals surface area (Å²) in [4.78, 5) is 4.35. The summed E-state index contributed by atoms with van der Waals surface area (Å²) in [6.07, 6.45) is 2.84. The molecule has 0 aromatic carbocycles. The Morgan fingerprint density at radius 1 is 1.56 bits per heavy atom. The summed E-state index contributed by atoms with van der Waals surface area (Å²) in [6.45, 7) is 6.46. The highest BCUT2D eigenvalue weighted by atomic mass is 79.9. The number of rotatable bonds is 2. The molecule has 1 aliphatic carbocycles. The van der Waals surface area contributed by atoms with E-state index in [4.69, 9.17) is 5.73 Å². The number of halogens is 1. The first-order valence-electron chi connectivity index (χ1n) is 5.56. The van der Waals surface area contributed by atoms with Crippen LogP contribution in [0.3, 0.4) is 0 Å². The molecule has 0 saturated heterocycles. The molecule has 0 spiro atoms. The molecule has 0 aliphatic heterocycles. The summed E-state index contributed by atoms with van der Waals surface area (Å²) in [7, 11) is 0. The lowest BCUT2D eigenvalue weighted by molar-refractivity contribution is 0.117. The molecule has 88 valence electrons. The Morgan fingerprint density at radius 2 is 2.25 bits per heavy atom. The van der Waals surface area contributed by atoms with Gasteiger partial charge in [0.15, 0.2) is 0 Å². The van der Waals surface area contributed by atoms with E-state index in [0.717, 1.165) is 16.7 Å². The summed E-state index contributed by atoms with van der Waals surface area (Å²) in [5, 5.41) is 3.47. The quantitative estimate of drug-likeness (QED) is 0.878. The fourth-order valence-electron chi connectivity index (χ4n) is 2.01. The molecule has 2 unspecified atom stereocenters. The molecule has 0 radical (unpaired) electrons. The molecule has 1 aromatic rings. The monoisotopic (exact) mass is 283 g/mol. The second-order valence-corrected chi connectivity index (χ2v) is 5.94. The van der Waals surface area contributed by atoms with Gasteiger partial charge in [-0.05, 0) is 40.9 Å². The van der Waals surface area contributed by atoms with Crippen molar-refractivity contribution in [1.29, 1.82) is 0 Å². The van der Waals surface area contributed by atoms with Crippen LogP contribution in [0, 0.1) is 12.3 Å². The lowest BCUT2D eigenvalue weighted by Gasteiger charge is -2.50. The van der Waals surface area contributed by atoms with Crippen LogP contribution < -0.4 is 11.1 Å². The Hall–Kier alpha value is -0.610. The molecule has 0 amide bonds. The van der Waals surface area contributed by atoms with Crippen molar-refractivity contribution in [3.05, 3.63) is 22.3 Å². The number of hydrogen-bond donors (Lipinski definition) is 2. The molecule has 16 heavy (non-hydrogen) atoms. The minimum atomic E-state index is 0.144. The molecule has 1 saturated carbocycles. The summed E-state index contributed by atoms with van der Waals surface area (Å²) in [6, 6.07) is 2.69. The number of nitrogens with two attached hydrogens (primary N) is 1. The van der Waals surface area contributed by atoms with Crippen LogP contribution in [0.15, 0.2) is 16.7 Å².